The van der Waals surface area contributed by atoms with Gasteiger partial charge in [-0.2, -0.15) is 0 Å². The van der Waals surface area contributed by atoms with Crippen molar-refractivity contribution < 1.29 is 9.84 Å². The van der Waals surface area contributed by atoms with Crippen LogP contribution in [-0.4, -0.2) is 49.1 Å². The van der Waals surface area contributed by atoms with Crippen molar-refractivity contribution in [2.75, 3.05) is 30.8 Å². The van der Waals surface area contributed by atoms with E-state index < -0.39 is 6.10 Å². The van der Waals surface area contributed by atoms with Gasteiger partial charge in [0.25, 0.3) is 0 Å². The van der Waals surface area contributed by atoms with E-state index in [0.717, 1.165) is 29.3 Å². The number of aliphatic hydroxyl groups is 1. The van der Waals surface area contributed by atoms with E-state index in [1.807, 2.05) is 24.3 Å². The molecule has 1 unspecified atom stereocenters. The maximum Gasteiger partial charge on any atom is 0.119 e. The minimum atomic E-state index is -0.529. The lowest BCUT2D eigenvalue weighted by Gasteiger charge is -2.37. The predicted molar refractivity (Wildman–Crippen MR) is 127 cm³/mol. The molecular formula is C23H31ClN2O2S. The van der Waals surface area contributed by atoms with E-state index in [2.05, 4.69) is 59.5 Å². The van der Waals surface area contributed by atoms with Crippen LogP contribution in [0.5, 0.6) is 5.75 Å². The van der Waals surface area contributed by atoms with Crippen molar-refractivity contribution in [2.45, 2.75) is 37.8 Å². The highest BCUT2D eigenvalue weighted by Gasteiger charge is 2.30. The van der Waals surface area contributed by atoms with Crippen molar-refractivity contribution >= 4 is 33.3 Å². The van der Waals surface area contributed by atoms with Gasteiger partial charge < -0.3 is 19.5 Å². The first-order valence-corrected chi connectivity index (χ1v) is 12.1. The number of nitrogens with one attached hydrogen (secondary N) is 1. The first-order valence-electron chi connectivity index (χ1n) is 10.0. The first kappa shape index (κ1) is 22.2. The van der Waals surface area contributed by atoms with Crippen molar-refractivity contribution in [1.82, 2.24) is 5.32 Å². The quantitative estimate of drug-likeness (QED) is 0.562. The summed E-state index contributed by atoms with van der Waals surface area (Å²) in [6, 6.07) is 16.6. The third-order valence-corrected chi connectivity index (χ3v) is 7.51. The zero-order valence-corrected chi connectivity index (χ0v) is 18.9. The number of ether oxygens (including phenoxy) is 1. The van der Waals surface area contributed by atoms with Crippen LogP contribution in [0.4, 0.5) is 5.69 Å². The second-order valence-corrected chi connectivity index (χ2v) is 10.0. The van der Waals surface area contributed by atoms with Crippen LogP contribution in [0.25, 0.3) is 0 Å². The van der Waals surface area contributed by atoms with Crippen molar-refractivity contribution in [2.24, 2.45) is 0 Å². The summed E-state index contributed by atoms with van der Waals surface area (Å²) < 4.78 is 7.98. The lowest BCUT2D eigenvalue weighted by Crippen LogP contribution is -2.44. The number of anilines is 1. The standard InChI is InChI=1S/C23H31ClN2O2S/c1-4-29(3)26(2)21-8-10-23(11-9-21)28-16-22(27)15-25-20-13-18(14-20)17-6-5-7-19(24)12-17/h4-12,18,20,22,25,27H,13-16H2,1-3H3/t18?,20?,22-,29?/m0/s1. The fraction of sp³-hybridized carbons (Fsp3) is 0.435. The zero-order valence-electron chi connectivity index (χ0n) is 17.3. The summed E-state index contributed by atoms with van der Waals surface area (Å²) in [6.07, 6.45) is 3.82. The first-order chi connectivity index (χ1) is 14.0. The van der Waals surface area contributed by atoms with Gasteiger partial charge in [0.2, 0.25) is 0 Å². The SMILES string of the molecule is C/C=S(/C)N(C)c1ccc(OC[C@@H](O)CNC2CC(c3cccc(Cl)c3)C2)cc1. The summed E-state index contributed by atoms with van der Waals surface area (Å²) in [7, 11) is 2.19. The van der Waals surface area contributed by atoms with Crippen molar-refractivity contribution in [3.63, 3.8) is 0 Å². The van der Waals surface area contributed by atoms with E-state index >= 15 is 0 Å². The minimum absolute atomic E-state index is 0.103. The van der Waals surface area contributed by atoms with Gasteiger partial charge >= 0.3 is 0 Å². The Morgan fingerprint density at radius 2 is 2.00 bits per heavy atom. The Morgan fingerprint density at radius 3 is 2.66 bits per heavy atom. The Balaban J connectivity index is 1.36. The number of nitrogens with zero attached hydrogens (tertiary/aromatic N) is 1. The lowest BCUT2D eigenvalue weighted by atomic mass is 9.76. The van der Waals surface area contributed by atoms with E-state index in [-0.39, 0.29) is 17.3 Å². The molecule has 3 rings (SSSR count). The molecule has 0 aliphatic heterocycles. The van der Waals surface area contributed by atoms with Crippen LogP contribution in [-0.2, 0) is 0 Å². The molecule has 0 bridgehead atoms. The lowest BCUT2D eigenvalue weighted by molar-refractivity contribution is 0.0981. The van der Waals surface area contributed by atoms with Gasteiger partial charge in [-0.05, 0) is 79.3 Å². The van der Waals surface area contributed by atoms with E-state index in [0.29, 0.717) is 18.5 Å². The van der Waals surface area contributed by atoms with Crippen molar-refractivity contribution in [3.05, 3.63) is 59.1 Å². The molecule has 4 nitrogen and oxygen atoms in total. The molecule has 2 aromatic carbocycles. The Kier molecular flexibility index (Phi) is 8.01. The van der Waals surface area contributed by atoms with Crippen LogP contribution in [0.2, 0.25) is 5.02 Å². The minimum Gasteiger partial charge on any atom is -0.491 e. The molecule has 2 aromatic rings. The number of aliphatic hydroxyl groups excluding tert-OH is 1. The molecule has 158 valence electrons. The monoisotopic (exact) mass is 434 g/mol. The zero-order chi connectivity index (χ0) is 20.8. The van der Waals surface area contributed by atoms with Gasteiger partial charge in [-0.15, -0.1) is 10.7 Å². The third-order valence-electron chi connectivity index (χ3n) is 5.52. The summed E-state index contributed by atoms with van der Waals surface area (Å²) in [5.74, 6) is 1.34. The number of halogens is 1. The number of rotatable bonds is 9. The van der Waals surface area contributed by atoms with Crippen LogP contribution < -0.4 is 14.4 Å². The van der Waals surface area contributed by atoms with Crippen LogP contribution >= 0.6 is 22.3 Å². The van der Waals surface area contributed by atoms with Gasteiger partial charge in [-0.1, -0.05) is 23.7 Å². The smallest absolute Gasteiger partial charge is 0.119 e. The molecule has 0 aromatic heterocycles. The summed E-state index contributed by atoms with van der Waals surface area (Å²) in [4.78, 5) is 0. The van der Waals surface area contributed by atoms with Gasteiger partial charge in [0, 0.05) is 30.3 Å². The van der Waals surface area contributed by atoms with Crippen LogP contribution in [0.15, 0.2) is 48.5 Å². The summed E-state index contributed by atoms with van der Waals surface area (Å²) in [6.45, 7) is 2.90. The molecule has 1 fully saturated rings. The van der Waals surface area contributed by atoms with Gasteiger partial charge in [0.15, 0.2) is 0 Å². The van der Waals surface area contributed by atoms with Crippen LogP contribution in [0, 0.1) is 0 Å². The molecule has 1 aliphatic rings. The van der Waals surface area contributed by atoms with Crippen LogP contribution in [0.3, 0.4) is 0 Å². The molecule has 0 saturated heterocycles. The Hall–Kier alpha value is -1.53. The molecule has 2 N–H and O–H groups in total. The number of hydrogen-bond acceptors (Lipinski definition) is 4. The van der Waals surface area contributed by atoms with E-state index in [1.54, 1.807) is 0 Å². The normalized spacial score (nSPS) is 20.7. The molecule has 0 spiro atoms. The van der Waals surface area contributed by atoms with E-state index in [9.17, 15) is 5.11 Å². The van der Waals surface area contributed by atoms with E-state index in [1.165, 1.54) is 5.56 Å². The highest BCUT2D eigenvalue weighted by molar-refractivity contribution is 8.15. The second-order valence-electron chi connectivity index (χ2n) is 7.54. The fourth-order valence-electron chi connectivity index (χ4n) is 3.45. The molecule has 0 radical (unpaired) electrons. The Labute approximate surface area is 181 Å². The average molecular weight is 435 g/mol. The molecule has 1 aliphatic carbocycles. The molecule has 29 heavy (non-hydrogen) atoms. The molecular weight excluding hydrogens is 404 g/mol. The Morgan fingerprint density at radius 1 is 1.28 bits per heavy atom. The molecule has 1 saturated carbocycles. The average Bonchev–Trinajstić information content (AvgIpc) is 2.70. The topological polar surface area (TPSA) is 44.7 Å². The molecule has 6 heteroatoms. The third kappa shape index (κ3) is 6.22. The maximum atomic E-state index is 10.2. The fourth-order valence-corrected chi connectivity index (χ4v) is 4.42. The van der Waals surface area contributed by atoms with E-state index in [4.69, 9.17) is 16.3 Å². The maximum absolute atomic E-state index is 10.2. The summed E-state index contributed by atoms with van der Waals surface area (Å²) in [5.41, 5.74) is 2.46. The largest absolute Gasteiger partial charge is 0.491 e. The van der Waals surface area contributed by atoms with Crippen molar-refractivity contribution in [1.29, 1.82) is 0 Å². The van der Waals surface area contributed by atoms with Crippen LogP contribution in [0.1, 0.15) is 31.2 Å². The Bertz CT molecular complexity index is 822. The highest BCUT2D eigenvalue weighted by Crippen LogP contribution is 2.37. The van der Waals surface area contributed by atoms with Gasteiger partial charge in [-0.3, -0.25) is 0 Å². The summed E-state index contributed by atoms with van der Waals surface area (Å²) in [5, 5.41) is 16.7. The molecule has 0 heterocycles. The predicted octanol–water partition coefficient (Wildman–Crippen LogP) is 4.69. The van der Waals surface area contributed by atoms with Gasteiger partial charge in [0.05, 0.1) is 0 Å². The number of hydrogen-bond donors (Lipinski definition) is 2. The van der Waals surface area contributed by atoms with Gasteiger partial charge in [-0.25, -0.2) is 0 Å². The number of benzene rings is 2. The second kappa shape index (κ2) is 10.5. The molecule has 0 amide bonds. The molecule has 2 atom stereocenters. The summed E-state index contributed by atoms with van der Waals surface area (Å²) >= 11 is 6.07. The highest BCUT2D eigenvalue weighted by atomic mass is 35.5. The van der Waals surface area contributed by atoms with Crippen molar-refractivity contribution in [3.8, 4) is 5.75 Å². The van der Waals surface area contributed by atoms with Gasteiger partial charge in [0.1, 0.15) is 18.5 Å².